The van der Waals surface area contributed by atoms with Crippen molar-refractivity contribution < 1.29 is 4.79 Å². The van der Waals surface area contributed by atoms with Crippen molar-refractivity contribution in [2.24, 2.45) is 0 Å². The molecule has 1 aromatic heterocycles. The second-order valence-electron chi connectivity index (χ2n) is 5.61. The van der Waals surface area contributed by atoms with Crippen molar-refractivity contribution in [1.82, 2.24) is 24.7 Å². The van der Waals surface area contributed by atoms with Crippen LogP contribution in [0.4, 0.5) is 5.82 Å². The lowest BCUT2D eigenvalue weighted by molar-refractivity contribution is 0.0658. The molecule has 7 nitrogen and oxygen atoms in total. The molecule has 0 radical (unpaired) electrons. The van der Waals surface area contributed by atoms with Gasteiger partial charge in [-0.3, -0.25) is 4.79 Å². The highest BCUT2D eigenvalue weighted by Gasteiger charge is 2.21. The Morgan fingerprint density at radius 2 is 1.95 bits per heavy atom. The quantitative estimate of drug-likeness (QED) is 0.813. The van der Waals surface area contributed by atoms with Gasteiger partial charge < -0.3 is 20.0 Å². The molecule has 1 amide bonds. The van der Waals surface area contributed by atoms with E-state index in [1.54, 1.807) is 12.4 Å². The smallest absolute Gasteiger partial charge is 0.274 e. The number of amides is 1. The number of carbonyl (C=O) groups is 1. The van der Waals surface area contributed by atoms with E-state index in [-0.39, 0.29) is 5.91 Å². The highest BCUT2D eigenvalue weighted by atomic mass is 16.2. The summed E-state index contributed by atoms with van der Waals surface area (Å²) in [5.74, 6) is 0.669. The third-order valence-corrected chi connectivity index (χ3v) is 3.53. The highest BCUT2D eigenvalue weighted by Crippen LogP contribution is 2.07. The van der Waals surface area contributed by atoms with Crippen LogP contribution in [0.25, 0.3) is 0 Å². The number of nitrogens with one attached hydrogen (secondary N) is 1. The lowest BCUT2D eigenvalue weighted by Gasteiger charge is -2.32. The van der Waals surface area contributed by atoms with Crippen LogP contribution in [0.15, 0.2) is 12.4 Å². The van der Waals surface area contributed by atoms with E-state index in [9.17, 15) is 4.79 Å². The molecule has 0 saturated carbocycles. The zero-order valence-electron chi connectivity index (χ0n) is 13.0. The fraction of sp³-hybridized carbons (Fsp3) is 0.643. The van der Waals surface area contributed by atoms with E-state index in [1.165, 1.54) is 0 Å². The molecular weight excluding hydrogens is 268 g/mol. The lowest BCUT2D eigenvalue weighted by atomic mass is 10.3. The summed E-state index contributed by atoms with van der Waals surface area (Å²) in [5.41, 5.74) is 0.415. The molecule has 7 heteroatoms. The van der Waals surface area contributed by atoms with Gasteiger partial charge in [0.1, 0.15) is 11.5 Å². The minimum atomic E-state index is -0.0320. The van der Waals surface area contributed by atoms with Crippen molar-refractivity contribution in [3.63, 3.8) is 0 Å². The number of anilines is 1. The molecule has 21 heavy (non-hydrogen) atoms. The number of carbonyl (C=O) groups excluding carboxylic acids is 1. The maximum atomic E-state index is 12.3. The maximum Gasteiger partial charge on any atom is 0.274 e. The number of hydrogen-bond donors (Lipinski definition) is 1. The molecular formula is C14H24N6O. The second-order valence-corrected chi connectivity index (χ2v) is 5.61. The Balaban J connectivity index is 1.87. The van der Waals surface area contributed by atoms with E-state index in [2.05, 4.69) is 32.1 Å². The minimum absolute atomic E-state index is 0.0320. The third kappa shape index (κ3) is 4.64. The summed E-state index contributed by atoms with van der Waals surface area (Å²) in [4.78, 5) is 26.9. The summed E-state index contributed by atoms with van der Waals surface area (Å²) in [6, 6.07) is 0. The van der Waals surface area contributed by atoms with Crippen molar-refractivity contribution >= 4 is 11.7 Å². The largest absolute Gasteiger partial charge is 0.368 e. The van der Waals surface area contributed by atoms with Gasteiger partial charge >= 0.3 is 0 Å². The predicted octanol–water partition coefficient (Wildman–Crippen LogP) is -0.162. The van der Waals surface area contributed by atoms with E-state index < -0.39 is 0 Å². The summed E-state index contributed by atoms with van der Waals surface area (Å²) in [6.07, 6.45) is 3.18. The number of aromatic nitrogens is 2. The average Bonchev–Trinajstić information content (AvgIpc) is 2.48. The first-order valence-corrected chi connectivity index (χ1v) is 7.25. The Kier molecular flexibility index (Phi) is 5.46. The molecule has 0 spiro atoms. The predicted molar refractivity (Wildman–Crippen MR) is 82.5 cm³/mol. The molecule has 2 heterocycles. The molecule has 0 aliphatic carbocycles. The van der Waals surface area contributed by atoms with Crippen LogP contribution in [0, 0.1) is 0 Å². The molecule has 1 aliphatic heterocycles. The van der Waals surface area contributed by atoms with Crippen LogP contribution < -0.4 is 5.32 Å². The zero-order chi connectivity index (χ0) is 15.2. The number of rotatable bonds is 5. The molecule has 1 N–H and O–H groups in total. The van der Waals surface area contributed by atoms with Gasteiger partial charge in [-0.2, -0.15) is 0 Å². The van der Waals surface area contributed by atoms with Gasteiger partial charge in [0.05, 0.1) is 12.4 Å². The molecule has 1 aliphatic rings. The molecule has 0 atom stereocenters. The minimum Gasteiger partial charge on any atom is -0.368 e. The van der Waals surface area contributed by atoms with Crippen molar-refractivity contribution in [3.05, 3.63) is 18.1 Å². The Hall–Kier alpha value is -1.73. The number of piperazine rings is 1. The summed E-state index contributed by atoms with van der Waals surface area (Å²) in [7, 11) is 6.10. The molecule has 116 valence electrons. The van der Waals surface area contributed by atoms with Crippen LogP contribution in [0.2, 0.25) is 0 Å². The zero-order valence-corrected chi connectivity index (χ0v) is 13.0. The first-order chi connectivity index (χ1) is 10.1. The highest BCUT2D eigenvalue weighted by molar-refractivity contribution is 5.92. The average molecular weight is 292 g/mol. The molecule has 1 aromatic rings. The SMILES string of the molecule is CN(C)CCNc1cnc(C(=O)N2CCN(C)CC2)cn1. The van der Waals surface area contributed by atoms with Gasteiger partial charge in [0.25, 0.3) is 5.91 Å². The van der Waals surface area contributed by atoms with Gasteiger partial charge in [-0.25, -0.2) is 9.97 Å². The number of nitrogens with zero attached hydrogens (tertiary/aromatic N) is 5. The second kappa shape index (κ2) is 7.33. The van der Waals surface area contributed by atoms with Crippen molar-refractivity contribution in [3.8, 4) is 0 Å². The number of hydrogen-bond acceptors (Lipinski definition) is 6. The van der Waals surface area contributed by atoms with E-state index in [4.69, 9.17) is 0 Å². The lowest BCUT2D eigenvalue weighted by Crippen LogP contribution is -2.47. The Morgan fingerprint density at radius 3 is 2.52 bits per heavy atom. The summed E-state index contributed by atoms with van der Waals surface area (Å²) < 4.78 is 0. The van der Waals surface area contributed by atoms with Crippen LogP contribution in [-0.2, 0) is 0 Å². The monoisotopic (exact) mass is 292 g/mol. The van der Waals surface area contributed by atoms with Gasteiger partial charge in [-0.1, -0.05) is 0 Å². The van der Waals surface area contributed by atoms with Gasteiger partial charge in [-0.15, -0.1) is 0 Å². The number of likely N-dealkylation sites (N-methyl/N-ethyl adjacent to an activating group) is 2. The molecule has 1 saturated heterocycles. The van der Waals surface area contributed by atoms with Crippen LogP contribution >= 0.6 is 0 Å². The Morgan fingerprint density at radius 1 is 1.24 bits per heavy atom. The van der Waals surface area contributed by atoms with Crippen LogP contribution in [0.5, 0.6) is 0 Å². The summed E-state index contributed by atoms with van der Waals surface area (Å²) in [6.45, 7) is 5.03. The van der Waals surface area contributed by atoms with E-state index >= 15 is 0 Å². The van der Waals surface area contributed by atoms with E-state index in [0.29, 0.717) is 11.5 Å². The molecule has 0 unspecified atom stereocenters. The topological polar surface area (TPSA) is 64.6 Å². The van der Waals surface area contributed by atoms with Crippen LogP contribution in [0.3, 0.4) is 0 Å². The van der Waals surface area contributed by atoms with Gasteiger partial charge in [0.15, 0.2) is 0 Å². The van der Waals surface area contributed by atoms with Crippen LogP contribution in [0.1, 0.15) is 10.5 Å². The normalized spacial score (nSPS) is 16.3. The van der Waals surface area contributed by atoms with Crippen molar-refractivity contribution in [2.45, 2.75) is 0 Å². The fourth-order valence-corrected chi connectivity index (χ4v) is 2.11. The van der Waals surface area contributed by atoms with E-state index in [0.717, 1.165) is 39.3 Å². The molecule has 1 fully saturated rings. The summed E-state index contributed by atoms with van der Waals surface area (Å²) >= 11 is 0. The van der Waals surface area contributed by atoms with Crippen molar-refractivity contribution in [1.29, 1.82) is 0 Å². The van der Waals surface area contributed by atoms with Gasteiger partial charge in [0.2, 0.25) is 0 Å². The third-order valence-electron chi connectivity index (χ3n) is 3.53. The van der Waals surface area contributed by atoms with E-state index in [1.807, 2.05) is 19.0 Å². The van der Waals surface area contributed by atoms with Gasteiger partial charge in [0, 0.05) is 39.3 Å². The molecule has 0 aromatic carbocycles. The molecule has 2 rings (SSSR count). The Labute approximate surface area is 126 Å². The first-order valence-electron chi connectivity index (χ1n) is 7.25. The van der Waals surface area contributed by atoms with Crippen molar-refractivity contribution in [2.75, 3.05) is 65.7 Å². The van der Waals surface area contributed by atoms with Crippen LogP contribution in [-0.4, -0.2) is 91.0 Å². The Bertz CT molecular complexity index is 453. The van der Waals surface area contributed by atoms with Gasteiger partial charge in [-0.05, 0) is 21.1 Å². The molecule has 0 bridgehead atoms. The first kappa shape index (κ1) is 15.7. The summed E-state index contributed by atoms with van der Waals surface area (Å²) in [5, 5.41) is 3.18. The fourth-order valence-electron chi connectivity index (χ4n) is 2.11. The maximum absolute atomic E-state index is 12.3. The standard InChI is InChI=1S/C14H24N6O/c1-18(2)5-4-15-13-11-16-12(10-17-13)14(21)20-8-6-19(3)7-9-20/h10-11H,4-9H2,1-3H3,(H,15,17).